The van der Waals surface area contributed by atoms with Crippen LogP contribution in [0.2, 0.25) is 0 Å². The molecule has 1 aromatic rings. The summed E-state index contributed by atoms with van der Waals surface area (Å²) in [5, 5.41) is 6.01. The van der Waals surface area contributed by atoms with Gasteiger partial charge in [-0.25, -0.2) is 0 Å². The lowest BCUT2D eigenvalue weighted by Gasteiger charge is -2.04. The van der Waals surface area contributed by atoms with Crippen LogP contribution in [-0.2, 0) is 11.2 Å². The number of pyridine rings is 1. The molecule has 4 heteroatoms. The highest BCUT2D eigenvalue weighted by atomic mass is 16.1. The van der Waals surface area contributed by atoms with Gasteiger partial charge in [0.15, 0.2) is 0 Å². The summed E-state index contributed by atoms with van der Waals surface area (Å²) in [5.41, 5.74) is 1.26. The van der Waals surface area contributed by atoms with Crippen molar-refractivity contribution in [3.8, 4) is 0 Å². The normalized spacial score (nSPS) is 10.1. The topological polar surface area (TPSA) is 54.0 Å². The van der Waals surface area contributed by atoms with E-state index in [4.69, 9.17) is 0 Å². The highest BCUT2D eigenvalue weighted by Gasteiger charge is 1.97. The number of hydrogen-bond donors (Lipinski definition) is 2. The Balaban J connectivity index is 2.02. The Kier molecular flexibility index (Phi) is 6.18. The first-order valence-electron chi connectivity index (χ1n) is 5.69. The highest BCUT2D eigenvalue weighted by molar-refractivity contribution is 5.75. The molecule has 0 saturated carbocycles. The Bertz CT molecular complexity index is 300. The Morgan fingerprint density at radius 3 is 2.75 bits per heavy atom. The molecule has 1 heterocycles. The number of nitrogens with zero attached hydrogens (tertiary/aromatic N) is 1. The molecule has 1 amide bonds. The van der Waals surface area contributed by atoms with Gasteiger partial charge in [0.25, 0.3) is 0 Å². The minimum atomic E-state index is 0.110. The van der Waals surface area contributed by atoms with Crippen molar-refractivity contribution in [1.29, 1.82) is 0 Å². The highest BCUT2D eigenvalue weighted by Crippen LogP contribution is 1.95. The molecule has 0 aliphatic heterocycles. The Morgan fingerprint density at radius 2 is 2.06 bits per heavy atom. The van der Waals surface area contributed by atoms with Crippen LogP contribution in [0.15, 0.2) is 24.5 Å². The van der Waals surface area contributed by atoms with Gasteiger partial charge in [0.05, 0.1) is 0 Å². The number of nitrogens with one attached hydrogen (secondary N) is 2. The van der Waals surface area contributed by atoms with Gasteiger partial charge in [0, 0.05) is 31.9 Å². The van der Waals surface area contributed by atoms with Crippen LogP contribution in [0.1, 0.15) is 18.9 Å². The molecular weight excluding hydrogens is 202 g/mol. The first kappa shape index (κ1) is 12.6. The van der Waals surface area contributed by atoms with E-state index >= 15 is 0 Å². The number of rotatable bonds is 7. The van der Waals surface area contributed by atoms with Crippen LogP contribution >= 0.6 is 0 Å². The first-order valence-corrected chi connectivity index (χ1v) is 5.69. The Hall–Kier alpha value is -1.42. The van der Waals surface area contributed by atoms with Crippen LogP contribution in [0.3, 0.4) is 0 Å². The summed E-state index contributed by atoms with van der Waals surface area (Å²) in [4.78, 5) is 15.1. The van der Waals surface area contributed by atoms with Gasteiger partial charge < -0.3 is 10.6 Å². The van der Waals surface area contributed by atoms with E-state index in [1.54, 1.807) is 12.4 Å². The maximum Gasteiger partial charge on any atom is 0.221 e. The largest absolute Gasteiger partial charge is 0.356 e. The molecule has 0 aliphatic carbocycles. The molecule has 0 aromatic carbocycles. The second kappa shape index (κ2) is 7.82. The molecule has 0 unspecified atom stereocenters. The lowest BCUT2D eigenvalue weighted by atomic mass is 10.2. The van der Waals surface area contributed by atoms with Crippen molar-refractivity contribution in [2.24, 2.45) is 0 Å². The smallest absolute Gasteiger partial charge is 0.221 e. The lowest BCUT2D eigenvalue weighted by molar-refractivity contribution is -0.120. The molecule has 1 rings (SSSR count). The van der Waals surface area contributed by atoms with E-state index < -0.39 is 0 Å². The minimum absolute atomic E-state index is 0.110. The zero-order chi connectivity index (χ0) is 11.6. The predicted octanol–water partition coefficient (Wildman–Crippen LogP) is 0.740. The summed E-state index contributed by atoms with van der Waals surface area (Å²) in [5.74, 6) is 0.110. The van der Waals surface area contributed by atoms with E-state index in [1.807, 2.05) is 19.1 Å². The van der Waals surface area contributed by atoms with Crippen LogP contribution in [0.25, 0.3) is 0 Å². The summed E-state index contributed by atoms with van der Waals surface area (Å²) in [6.07, 6.45) is 5.11. The molecule has 0 aliphatic rings. The number of aromatic nitrogens is 1. The molecule has 0 radical (unpaired) electrons. The third kappa shape index (κ3) is 5.46. The summed E-state index contributed by atoms with van der Waals surface area (Å²) in [6, 6.07) is 4.01. The van der Waals surface area contributed by atoms with Gasteiger partial charge in [-0.15, -0.1) is 0 Å². The minimum Gasteiger partial charge on any atom is -0.356 e. The van der Waals surface area contributed by atoms with Gasteiger partial charge in [0.2, 0.25) is 5.91 Å². The molecule has 88 valence electrons. The molecule has 1 aromatic heterocycles. The van der Waals surface area contributed by atoms with Crippen molar-refractivity contribution in [2.75, 3.05) is 19.6 Å². The second-order valence-electron chi connectivity index (χ2n) is 3.56. The zero-order valence-corrected chi connectivity index (χ0v) is 9.70. The van der Waals surface area contributed by atoms with Crippen LogP contribution in [-0.4, -0.2) is 30.5 Å². The van der Waals surface area contributed by atoms with Gasteiger partial charge in [-0.05, 0) is 37.6 Å². The Morgan fingerprint density at radius 1 is 1.31 bits per heavy atom. The SMILES string of the molecule is CCNC(=O)CCNCCc1ccncc1. The summed E-state index contributed by atoms with van der Waals surface area (Å²) in [7, 11) is 0. The molecule has 0 saturated heterocycles. The van der Waals surface area contributed by atoms with Gasteiger partial charge >= 0.3 is 0 Å². The van der Waals surface area contributed by atoms with E-state index in [2.05, 4.69) is 15.6 Å². The van der Waals surface area contributed by atoms with Crippen molar-refractivity contribution in [3.05, 3.63) is 30.1 Å². The molecule has 0 spiro atoms. The van der Waals surface area contributed by atoms with Crippen molar-refractivity contribution in [3.63, 3.8) is 0 Å². The molecule has 4 nitrogen and oxygen atoms in total. The number of hydrogen-bond acceptors (Lipinski definition) is 3. The quantitative estimate of drug-likeness (QED) is 0.668. The third-order valence-corrected chi connectivity index (χ3v) is 2.24. The average Bonchev–Trinajstić information content (AvgIpc) is 2.30. The van der Waals surface area contributed by atoms with E-state index in [9.17, 15) is 4.79 Å². The van der Waals surface area contributed by atoms with E-state index in [-0.39, 0.29) is 5.91 Å². The summed E-state index contributed by atoms with van der Waals surface area (Å²) in [6.45, 7) is 4.25. The van der Waals surface area contributed by atoms with E-state index in [0.29, 0.717) is 13.0 Å². The van der Waals surface area contributed by atoms with Crippen molar-refractivity contribution in [1.82, 2.24) is 15.6 Å². The van der Waals surface area contributed by atoms with Crippen LogP contribution in [0.5, 0.6) is 0 Å². The molecule has 0 atom stereocenters. The maximum absolute atomic E-state index is 11.1. The van der Waals surface area contributed by atoms with E-state index in [1.165, 1.54) is 5.56 Å². The Labute approximate surface area is 96.5 Å². The fourth-order valence-electron chi connectivity index (χ4n) is 1.39. The number of carbonyl (C=O) groups is 1. The number of carbonyl (C=O) groups excluding carboxylic acids is 1. The monoisotopic (exact) mass is 221 g/mol. The van der Waals surface area contributed by atoms with Crippen LogP contribution in [0.4, 0.5) is 0 Å². The van der Waals surface area contributed by atoms with E-state index in [0.717, 1.165) is 19.5 Å². The average molecular weight is 221 g/mol. The number of amides is 1. The van der Waals surface area contributed by atoms with Crippen LogP contribution in [0, 0.1) is 0 Å². The fourth-order valence-corrected chi connectivity index (χ4v) is 1.39. The lowest BCUT2D eigenvalue weighted by Crippen LogP contribution is -2.28. The van der Waals surface area contributed by atoms with Crippen LogP contribution < -0.4 is 10.6 Å². The summed E-state index contributed by atoms with van der Waals surface area (Å²) >= 11 is 0. The zero-order valence-electron chi connectivity index (χ0n) is 9.70. The molecular formula is C12H19N3O. The predicted molar refractivity (Wildman–Crippen MR) is 64.1 cm³/mol. The fraction of sp³-hybridized carbons (Fsp3) is 0.500. The standard InChI is InChI=1S/C12H19N3O/c1-2-15-12(16)6-10-14-9-5-11-3-7-13-8-4-11/h3-4,7-8,14H,2,5-6,9-10H2,1H3,(H,15,16). The molecule has 0 bridgehead atoms. The second-order valence-corrected chi connectivity index (χ2v) is 3.56. The van der Waals surface area contributed by atoms with Crippen molar-refractivity contribution in [2.45, 2.75) is 19.8 Å². The van der Waals surface area contributed by atoms with Gasteiger partial charge in [-0.2, -0.15) is 0 Å². The van der Waals surface area contributed by atoms with Crippen molar-refractivity contribution < 1.29 is 4.79 Å². The van der Waals surface area contributed by atoms with Gasteiger partial charge in [0.1, 0.15) is 0 Å². The summed E-state index contributed by atoms with van der Waals surface area (Å²) < 4.78 is 0. The molecule has 2 N–H and O–H groups in total. The maximum atomic E-state index is 11.1. The first-order chi connectivity index (χ1) is 7.83. The van der Waals surface area contributed by atoms with Gasteiger partial charge in [-0.1, -0.05) is 0 Å². The van der Waals surface area contributed by atoms with Crippen molar-refractivity contribution >= 4 is 5.91 Å². The molecule has 0 fully saturated rings. The van der Waals surface area contributed by atoms with Gasteiger partial charge in [-0.3, -0.25) is 9.78 Å². The molecule has 16 heavy (non-hydrogen) atoms. The third-order valence-electron chi connectivity index (χ3n) is 2.24.